The molecule has 0 heterocycles. The largest absolute Gasteiger partial charge is 0.348 e. The minimum absolute atomic E-state index is 0.0563. The van der Waals surface area contributed by atoms with Crippen LogP contribution in [0, 0.1) is 11.7 Å². The molecule has 0 aliphatic rings. The first-order valence-corrected chi connectivity index (χ1v) is 7.64. The molecule has 1 rings (SSSR count). The Balaban J connectivity index is 2.64. The van der Waals surface area contributed by atoms with Crippen LogP contribution in [0.15, 0.2) is 24.3 Å². The van der Waals surface area contributed by atoms with E-state index in [0.717, 1.165) is 5.56 Å². The highest BCUT2D eigenvalue weighted by Crippen LogP contribution is 2.21. The highest BCUT2D eigenvalue weighted by molar-refractivity contribution is 5.81. The van der Waals surface area contributed by atoms with Gasteiger partial charge in [-0.25, -0.2) is 4.39 Å². The van der Waals surface area contributed by atoms with Gasteiger partial charge in [-0.05, 0) is 30.7 Å². The first-order chi connectivity index (χ1) is 10.7. The van der Waals surface area contributed by atoms with Gasteiger partial charge >= 0.3 is 0 Å². The Bertz CT molecular complexity index is 529. The van der Waals surface area contributed by atoms with E-state index in [1.54, 1.807) is 38.2 Å². The van der Waals surface area contributed by atoms with Crippen molar-refractivity contribution in [2.24, 2.45) is 5.92 Å². The van der Waals surface area contributed by atoms with Crippen LogP contribution in [0.4, 0.5) is 4.39 Å². The molecule has 0 bridgehead atoms. The van der Waals surface area contributed by atoms with Gasteiger partial charge in [-0.3, -0.25) is 14.5 Å². The zero-order chi connectivity index (χ0) is 17.6. The van der Waals surface area contributed by atoms with Crippen LogP contribution in [0.25, 0.3) is 0 Å². The molecular formula is C17H26FN3O2. The van der Waals surface area contributed by atoms with E-state index in [2.05, 4.69) is 5.32 Å². The number of likely N-dealkylation sites (N-methyl/N-ethyl adjacent to an activating group) is 2. The predicted octanol–water partition coefficient (Wildman–Crippen LogP) is 1.66. The fraction of sp³-hybridized carbons (Fsp3) is 0.529. The molecule has 0 aromatic heterocycles. The quantitative estimate of drug-likeness (QED) is 0.830. The molecule has 5 nitrogen and oxygen atoms in total. The second kappa shape index (κ2) is 8.62. The summed E-state index contributed by atoms with van der Waals surface area (Å²) in [5, 5.41) is 2.96. The third kappa shape index (κ3) is 6.36. The Morgan fingerprint density at radius 3 is 2.13 bits per heavy atom. The highest BCUT2D eigenvalue weighted by atomic mass is 19.1. The van der Waals surface area contributed by atoms with Crippen LogP contribution in [0.1, 0.15) is 25.5 Å². The van der Waals surface area contributed by atoms with E-state index in [1.165, 1.54) is 17.0 Å². The molecule has 0 spiro atoms. The number of carbonyl (C=O) groups excluding carboxylic acids is 2. The summed E-state index contributed by atoms with van der Waals surface area (Å²) in [7, 11) is 5.09. The minimum Gasteiger partial charge on any atom is -0.348 e. The van der Waals surface area contributed by atoms with E-state index in [1.807, 2.05) is 13.8 Å². The number of nitrogens with zero attached hydrogens (tertiary/aromatic N) is 2. The van der Waals surface area contributed by atoms with E-state index in [4.69, 9.17) is 0 Å². The summed E-state index contributed by atoms with van der Waals surface area (Å²) in [5.41, 5.74) is 0.863. The summed E-state index contributed by atoms with van der Waals surface area (Å²) >= 11 is 0. The summed E-state index contributed by atoms with van der Waals surface area (Å²) < 4.78 is 13.0. The number of hydrogen-bond acceptors (Lipinski definition) is 3. The van der Waals surface area contributed by atoms with Crippen molar-refractivity contribution in [1.82, 2.24) is 15.1 Å². The molecule has 1 N–H and O–H groups in total. The first-order valence-electron chi connectivity index (χ1n) is 7.64. The topological polar surface area (TPSA) is 52.7 Å². The standard InChI is InChI=1S/C17H26FN3O2/c1-12(2)17(13-6-8-14(18)9-7-13)19-15(22)10-21(5)11-16(23)20(3)4/h6-9,12,17H,10-11H2,1-5H3,(H,19,22). The maximum Gasteiger partial charge on any atom is 0.236 e. The lowest BCUT2D eigenvalue weighted by Gasteiger charge is -2.25. The fourth-order valence-electron chi connectivity index (χ4n) is 2.20. The summed E-state index contributed by atoms with van der Waals surface area (Å²) in [5.74, 6) is -0.357. The summed E-state index contributed by atoms with van der Waals surface area (Å²) in [4.78, 5) is 27.0. The molecule has 0 fully saturated rings. The number of rotatable bonds is 7. The van der Waals surface area contributed by atoms with Gasteiger partial charge < -0.3 is 10.2 Å². The Kier molecular flexibility index (Phi) is 7.16. The second-order valence-corrected chi connectivity index (χ2v) is 6.30. The van der Waals surface area contributed by atoms with Crippen molar-refractivity contribution in [1.29, 1.82) is 0 Å². The van der Waals surface area contributed by atoms with Gasteiger partial charge in [0.1, 0.15) is 5.82 Å². The average molecular weight is 323 g/mol. The van der Waals surface area contributed by atoms with Gasteiger partial charge in [-0.2, -0.15) is 0 Å². The van der Waals surface area contributed by atoms with Crippen LogP contribution in [0.2, 0.25) is 0 Å². The average Bonchev–Trinajstić information content (AvgIpc) is 2.45. The molecule has 1 aromatic rings. The Morgan fingerprint density at radius 2 is 1.65 bits per heavy atom. The monoisotopic (exact) mass is 323 g/mol. The Hall–Kier alpha value is -1.95. The van der Waals surface area contributed by atoms with E-state index in [-0.39, 0.29) is 42.7 Å². The third-order valence-electron chi connectivity index (χ3n) is 3.53. The van der Waals surface area contributed by atoms with Crippen molar-refractivity contribution in [3.8, 4) is 0 Å². The first kappa shape index (κ1) is 19.1. The summed E-state index contributed by atoms with van der Waals surface area (Å²) in [6.07, 6.45) is 0. The number of nitrogens with one attached hydrogen (secondary N) is 1. The zero-order valence-corrected chi connectivity index (χ0v) is 14.5. The van der Waals surface area contributed by atoms with E-state index < -0.39 is 0 Å². The number of hydrogen-bond donors (Lipinski definition) is 1. The van der Waals surface area contributed by atoms with E-state index in [9.17, 15) is 14.0 Å². The number of amides is 2. The fourth-order valence-corrected chi connectivity index (χ4v) is 2.20. The van der Waals surface area contributed by atoms with Gasteiger partial charge in [0.25, 0.3) is 0 Å². The van der Waals surface area contributed by atoms with Crippen LogP contribution >= 0.6 is 0 Å². The summed E-state index contributed by atoms with van der Waals surface area (Å²) in [6, 6.07) is 5.94. The van der Waals surface area contributed by atoms with Crippen molar-refractivity contribution in [3.05, 3.63) is 35.6 Å². The van der Waals surface area contributed by atoms with Gasteiger partial charge in [0.2, 0.25) is 11.8 Å². The van der Waals surface area contributed by atoms with Crippen molar-refractivity contribution >= 4 is 11.8 Å². The van der Waals surface area contributed by atoms with Gasteiger partial charge in [-0.1, -0.05) is 26.0 Å². The Morgan fingerprint density at radius 1 is 1.09 bits per heavy atom. The molecule has 1 aromatic carbocycles. The van der Waals surface area contributed by atoms with Crippen molar-refractivity contribution < 1.29 is 14.0 Å². The van der Waals surface area contributed by atoms with Crippen LogP contribution < -0.4 is 5.32 Å². The minimum atomic E-state index is -0.301. The molecular weight excluding hydrogens is 297 g/mol. The molecule has 2 amide bonds. The molecule has 0 aliphatic heterocycles. The van der Waals surface area contributed by atoms with E-state index >= 15 is 0 Å². The molecule has 0 saturated heterocycles. The molecule has 6 heteroatoms. The van der Waals surface area contributed by atoms with E-state index in [0.29, 0.717) is 0 Å². The van der Waals surface area contributed by atoms with Crippen LogP contribution in [0.5, 0.6) is 0 Å². The van der Waals surface area contributed by atoms with Crippen LogP contribution in [-0.4, -0.2) is 55.8 Å². The lowest BCUT2D eigenvalue weighted by Crippen LogP contribution is -2.42. The van der Waals surface area contributed by atoms with Crippen LogP contribution in [0.3, 0.4) is 0 Å². The third-order valence-corrected chi connectivity index (χ3v) is 3.53. The smallest absolute Gasteiger partial charge is 0.236 e. The highest BCUT2D eigenvalue weighted by Gasteiger charge is 2.20. The number of halogens is 1. The Labute approximate surface area is 137 Å². The normalized spacial score (nSPS) is 12.3. The zero-order valence-electron chi connectivity index (χ0n) is 14.5. The second-order valence-electron chi connectivity index (χ2n) is 6.30. The molecule has 0 saturated carbocycles. The van der Waals surface area contributed by atoms with Gasteiger partial charge in [0.05, 0.1) is 19.1 Å². The van der Waals surface area contributed by atoms with Crippen molar-refractivity contribution in [2.45, 2.75) is 19.9 Å². The number of benzene rings is 1. The van der Waals surface area contributed by atoms with Crippen molar-refractivity contribution in [3.63, 3.8) is 0 Å². The molecule has 1 unspecified atom stereocenters. The molecule has 128 valence electrons. The predicted molar refractivity (Wildman–Crippen MR) is 88.3 cm³/mol. The molecule has 23 heavy (non-hydrogen) atoms. The van der Waals surface area contributed by atoms with Gasteiger partial charge in [0, 0.05) is 14.1 Å². The van der Waals surface area contributed by atoms with Gasteiger partial charge in [-0.15, -0.1) is 0 Å². The molecule has 1 atom stereocenters. The van der Waals surface area contributed by atoms with Crippen molar-refractivity contribution in [2.75, 3.05) is 34.2 Å². The lowest BCUT2D eigenvalue weighted by atomic mass is 9.96. The maximum atomic E-state index is 13.0. The summed E-state index contributed by atoms with van der Waals surface area (Å²) in [6.45, 7) is 4.30. The molecule has 0 radical (unpaired) electrons. The maximum absolute atomic E-state index is 13.0. The SMILES string of the molecule is CC(C)C(NC(=O)CN(C)CC(=O)N(C)C)c1ccc(F)cc1. The molecule has 0 aliphatic carbocycles. The van der Waals surface area contributed by atoms with Gasteiger partial charge in [0.15, 0.2) is 0 Å². The lowest BCUT2D eigenvalue weighted by molar-refractivity contribution is -0.130. The van der Waals surface area contributed by atoms with Crippen LogP contribution in [-0.2, 0) is 9.59 Å². The number of carbonyl (C=O) groups is 2.